The second kappa shape index (κ2) is 3.19. The molecular weight excluding hydrogens is 136 g/mol. The Balaban J connectivity index is 2.97. The number of rotatable bonds is 1. The molecule has 0 amide bonds. The Morgan fingerprint density at radius 1 is 1.45 bits per heavy atom. The molecule has 0 aliphatic carbocycles. The third-order valence-electron chi connectivity index (χ3n) is 1.50. The van der Waals surface area contributed by atoms with Gasteiger partial charge in [-0.15, -0.1) is 0 Å². The molecule has 1 aliphatic rings. The second-order valence-electron chi connectivity index (χ2n) is 2.57. The van der Waals surface area contributed by atoms with Gasteiger partial charge < -0.3 is 0 Å². The van der Waals surface area contributed by atoms with Crippen LogP contribution < -0.4 is 0 Å². The molecule has 1 aliphatic heterocycles. The lowest BCUT2D eigenvalue weighted by atomic mass is 10.2. The third kappa shape index (κ3) is 1.58. The first-order valence-electron chi connectivity index (χ1n) is 3.54. The molecule has 0 spiro atoms. The summed E-state index contributed by atoms with van der Waals surface area (Å²) in [6, 6.07) is 0. The highest BCUT2D eigenvalue weighted by Gasteiger charge is 2.04. The van der Waals surface area contributed by atoms with E-state index in [1.54, 1.807) is 5.01 Å². The zero-order valence-corrected chi connectivity index (χ0v) is 6.91. The minimum atomic E-state index is 1.10. The van der Waals surface area contributed by atoms with Gasteiger partial charge in [-0.25, -0.2) is 5.01 Å². The smallest absolute Gasteiger partial charge is 0.0631 e. The van der Waals surface area contributed by atoms with Gasteiger partial charge in [-0.1, -0.05) is 11.6 Å². The second-order valence-corrected chi connectivity index (χ2v) is 2.57. The highest BCUT2D eigenvalue weighted by molar-refractivity contribution is 5.33. The maximum Gasteiger partial charge on any atom is 0.0631 e. The average molecular weight is 148 g/mol. The van der Waals surface area contributed by atoms with Gasteiger partial charge >= 0.3 is 0 Å². The average Bonchev–Trinajstić information content (AvgIpc) is 2.04. The van der Waals surface area contributed by atoms with Crippen molar-refractivity contribution >= 4 is 6.72 Å². The van der Waals surface area contributed by atoms with E-state index in [9.17, 15) is 0 Å². The van der Waals surface area contributed by atoms with Crippen molar-refractivity contribution in [3.8, 4) is 0 Å². The number of allylic oxidation sites excluding steroid dienone is 4. The first kappa shape index (κ1) is 7.79. The highest BCUT2D eigenvalue weighted by Crippen LogP contribution is 2.15. The van der Waals surface area contributed by atoms with Crippen molar-refractivity contribution < 1.29 is 0 Å². The van der Waals surface area contributed by atoms with Crippen molar-refractivity contribution in [1.82, 2.24) is 5.01 Å². The van der Waals surface area contributed by atoms with Crippen LogP contribution in [0.3, 0.4) is 0 Å². The molecule has 11 heavy (non-hydrogen) atoms. The number of hydrogen-bond donors (Lipinski definition) is 0. The maximum absolute atomic E-state index is 3.84. The van der Waals surface area contributed by atoms with E-state index >= 15 is 0 Å². The van der Waals surface area contributed by atoms with Gasteiger partial charge in [-0.3, -0.25) is 0 Å². The molecule has 0 atom stereocenters. The zero-order chi connectivity index (χ0) is 8.27. The van der Waals surface area contributed by atoms with Gasteiger partial charge in [0.15, 0.2) is 0 Å². The molecule has 0 saturated heterocycles. The maximum atomic E-state index is 3.84. The summed E-state index contributed by atoms with van der Waals surface area (Å²) in [4.78, 5) is 0. The lowest BCUT2D eigenvalue weighted by molar-refractivity contribution is 0.509. The van der Waals surface area contributed by atoms with Crippen LogP contribution in [-0.2, 0) is 0 Å². The van der Waals surface area contributed by atoms with Gasteiger partial charge in [0, 0.05) is 12.9 Å². The summed E-state index contributed by atoms with van der Waals surface area (Å²) in [6.07, 6.45) is 7.82. The Labute approximate surface area is 67.2 Å². The number of hydrazone groups is 1. The van der Waals surface area contributed by atoms with Crippen LogP contribution in [0.2, 0.25) is 0 Å². The largest absolute Gasteiger partial charge is 0.242 e. The normalized spacial score (nSPS) is 15.5. The topological polar surface area (TPSA) is 15.6 Å². The summed E-state index contributed by atoms with van der Waals surface area (Å²) in [7, 11) is 0. The first-order chi connectivity index (χ1) is 5.25. The molecule has 1 rings (SSSR count). The predicted octanol–water partition coefficient (Wildman–Crippen LogP) is 2.28. The molecule has 0 saturated carbocycles. The van der Waals surface area contributed by atoms with Crippen LogP contribution in [0.5, 0.6) is 0 Å². The van der Waals surface area contributed by atoms with Crippen LogP contribution >= 0.6 is 0 Å². The van der Waals surface area contributed by atoms with Gasteiger partial charge in [0.25, 0.3) is 0 Å². The van der Waals surface area contributed by atoms with E-state index in [-0.39, 0.29) is 0 Å². The van der Waals surface area contributed by atoms with E-state index in [1.165, 1.54) is 5.57 Å². The van der Waals surface area contributed by atoms with E-state index in [1.807, 2.05) is 24.4 Å². The van der Waals surface area contributed by atoms with Gasteiger partial charge in [0.05, 0.1) is 5.70 Å². The summed E-state index contributed by atoms with van der Waals surface area (Å²) in [5, 5.41) is 5.60. The fourth-order valence-corrected chi connectivity index (χ4v) is 0.954. The van der Waals surface area contributed by atoms with Crippen molar-refractivity contribution in [1.29, 1.82) is 0 Å². The van der Waals surface area contributed by atoms with Crippen LogP contribution in [0.25, 0.3) is 0 Å². The highest BCUT2D eigenvalue weighted by atomic mass is 15.4. The van der Waals surface area contributed by atoms with Gasteiger partial charge in [-0.05, 0) is 26.0 Å². The fourth-order valence-electron chi connectivity index (χ4n) is 0.954. The lowest BCUT2D eigenvalue weighted by Gasteiger charge is -2.18. The summed E-state index contributed by atoms with van der Waals surface area (Å²) >= 11 is 0. The molecule has 2 nitrogen and oxygen atoms in total. The van der Waals surface area contributed by atoms with Crippen LogP contribution in [0.1, 0.15) is 13.8 Å². The fraction of sp³-hybridized carbons (Fsp3) is 0.222. The summed E-state index contributed by atoms with van der Waals surface area (Å²) in [6.45, 7) is 7.58. The van der Waals surface area contributed by atoms with Crippen molar-refractivity contribution in [3.63, 3.8) is 0 Å². The molecule has 0 aromatic heterocycles. The molecule has 0 bridgehead atoms. The first-order valence-corrected chi connectivity index (χ1v) is 3.54. The van der Waals surface area contributed by atoms with E-state index in [2.05, 4.69) is 25.7 Å². The molecule has 58 valence electrons. The van der Waals surface area contributed by atoms with Crippen molar-refractivity contribution in [2.75, 3.05) is 0 Å². The Morgan fingerprint density at radius 3 is 2.64 bits per heavy atom. The summed E-state index contributed by atoms with van der Waals surface area (Å²) in [5.41, 5.74) is 2.33. The number of hydrogen-bond acceptors (Lipinski definition) is 2. The molecule has 0 radical (unpaired) electrons. The van der Waals surface area contributed by atoms with Crippen LogP contribution in [0, 0.1) is 0 Å². The monoisotopic (exact) mass is 148 g/mol. The van der Waals surface area contributed by atoms with Crippen LogP contribution in [-0.4, -0.2) is 11.7 Å². The molecule has 0 aromatic rings. The minimum Gasteiger partial charge on any atom is -0.242 e. The lowest BCUT2D eigenvalue weighted by Crippen LogP contribution is -2.10. The van der Waals surface area contributed by atoms with E-state index < -0.39 is 0 Å². The molecule has 2 heteroatoms. The van der Waals surface area contributed by atoms with Crippen LogP contribution in [0.4, 0.5) is 0 Å². The number of nitrogens with zero attached hydrogens (tertiary/aromatic N) is 2. The summed E-state index contributed by atoms with van der Waals surface area (Å²) in [5.74, 6) is 0. The molecule has 1 heterocycles. The van der Waals surface area contributed by atoms with Gasteiger partial charge in [-0.2, -0.15) is 5.10 Å². The quantitative estimate of drug-likeness (QED) is 0.521. The van der Waals surface area contributed by atoms with Crippen molar-refractivity contribution in [3.05, 3.63) is 35.7 Å². The molecule has 0 N–H and O–H groups in total. The Morgan fingerprint density at radius 2 is 2.18 bits per heavy atom. The van der Waals surface area contributed by atoms with E-state index in [0.717, 1.165) is 5.70 Å². The predicted molar refractivity (Wildman–Crippen MR) is 48.0 cm³/mol. The SMILES string of the molecule is C=NN1C=CC=CC1=C(C)C. The Kier molecular flexibility index (Phi) is 2.26. The Bertz CT molecular complexity index is 242. The zero-order valence-electron chi connectivity index (χ0n) is 6.91. The van der Waals surface area contributed by atoms with E-state index in [4.69, 9.17) is 0 Å². The summed E-state index contributed by atoms with van der Waals surface area (Å²) < 4.78 is 0. The van der Waals surface area contributed by atoms with Gasteiger partial charge in [0.1, 0.15) is 0 Å². The van der Waals surface area contributed by atoms with Gasteiger partial charge in [0.2, 0.25) is 0 Å². The van der Waals surface area contributed by atoms with Crippen molar-refractivity contribution in [2.24, 2.45) is 5.10 Å². The standard InChI is InChI=1S/C9H12N2/c1-8(2)9-6-4-5-7-11(9)10-3/h4-7H,3H2,1-2H3. The third-order valence-corrected chi connectivity index (χ3v) is 1.50. The Hall–Kier alpha value is -1.31. The molecular formula is C9H12N2. The molecule has 0 fully saturated rings. The van der Waals surface area contributed by atoms with E-state index in [0.29, 0.717) is 0 Å². The molecule has 0 unspecified atom stereocenters. The minimum absolute atomic E-state index is 1.10. The molecule has 0 aromatic carbocycles. The van der Waals surface area contributed by atoms with Crippen LogP contribution in [0.15, 0.2) is 40.8 Å². The van der Waals surface area contributed by atoms with Crippen molar-refractivity contribution in [2.45, 2.75) is 13.8 Å².